The van der Waals surface area contributed by atoms with Gasteiger partial charge in [0.15, 0.2) is 0 Å². The molecule has 0 atom stereocenters. The second-order valence-electron chi connectivity index (χ2n) is 5.95. The number of nitriles is 1. The van der Waals surface area contributed by atoms with Crippen LogP contribution in [0.4, 0.5) is 4.39 Å². The summed E-state index contributed by atoms with van der Waals surface area (Å²) in [6.07, 6.45) is 3.25. The lowest BCUT2D eigenvalue weighted by molar-refractivity contribution is 0.0734. The number of halogens is 1. The van der Waals surface area contributed by atoms with E-state index in [-0.39, 0.29) is 17.0 Å². The summed E-state index contributed by atoms with van der Waals surface area (Å²) in [5, 5.41) is 24.0. The molecule has 8 heteroatoms. The molecule has 3 aromatic heterocycles. The van der Waals surface area contributed by atoms with Crippen LogP contribution >= 0.6 is 0 Å². The van der Waals surface area contributed by atoms with Crippen LogP contribution < -0.4 is 0 Å². The molecule has 0 unspecified atom stereocenters. The topological polar surface area (TPSA) is 100.0 Å². The highest BCUT2D eigenvalue weighted by molar-refractivity contribution is 5.73. The third kappa shape index (κ3) is 3.08. The van der Waals surface area contributed by atoms with E-state index in [0.29, 0.717) is 16.8 Å². The Kier molecular flexibility index (Phi) is 2.75. The van der Waals surface area contributed by atoms with Gasteiger partial charge in [-0.15, -0.1) is 0 Å². The van der Waals surface area contributed by atoms with Crippen LogP contribution in [0.15, 0.2) is 48.9 Å². The normalized spacial score (nSPS) is 15.6. The average Bonchev–Trinajstić information content (AvgIpc) is 3.20. The molecule has 1 aromatic carbocycles. The first-order valence-electron chi connectivity index (χ1n) is 11.0. The van der Waals surface area contributed by atoms with E-state index < -0.39 is 30.8 Å². The third-order valence-electron chi connectivity index (χ3n) is 4.01. The van der Waals surface area contributed by atoms with Gasteiger partial charge in [0, 0.05) is 19.4 Å². The van der Waals surface area contributed by atoms with Crippen LogP contribution in [0.5, 0.6) is 0 Å². The highest BCUT2D eigenvalue weighted by atomic mass is 19.1. The van der Waals surface area contributed by atoms with Gasteiger partial charge < -0.3 is 5.11 Å². The van der Waals surface area contributed by atoms with Gasteiger partial charge in [0.25, 0.3) is 5.78 Å². The van der Waals surface area contributed by atoms with E-state index in [2.05, 4.69) is 20.1 Å². The number of benzene rings is 1. The van der Waals surface area contributed by atoms with E-state index in [4.69, 9.17) is 8.22 Å². The van der Waals surface area contributed by atoms with E-state index in [9.17, 15) is 14.8 Å². The monoisotopic (exact) mass is 380 g/mol. The average molecular weight is 380 g/mol. The Morgan fingerprint density at radius 2 is 2.00 bits per heavy atom. The molecule has 7 nitrogen and oxygen atoms in total. The largest absolute Gasteiger partial charge is 0.384 e. The number of rotatable bonds is 3. The van der Waals surface area contributed by atoms with Crippen molar-refractivity contribution in [3.8, 4) is 28.6 Å². The maximum atomic E-state index is 13.5. The number of imidazole rings is 1. The lowest BCUT2D eigenvalue weighted by Crippen LogP contribution is -2.19. The van der Waals surface area contributed by atoms with Crippen LogP contribution in [-0.2, 0) is 5.60 Å². The van der Waals surface area contributed by atoms with Gasteiger partial charge >= 0.3 is 0 Å². The van der Waals surface area contributed by atoms with Crippen molar-refractivity contribution in [2.24, 2.45) is 0 Å². The summed E-state index contributed by atoms with van der Waals surface area (Å²) < 4.78 is 60.0. The van der Waals surface area contributed by atoms with E-state index in [1.807, 2.05) is 6.07 Å². The Morgan fingerprint density at radius 3 is 2.79 bits per heavy atom. The first-order chi connectivity index (χ1) is 15.9. The zero-order chi connectivity index (χ0) is 24.9. The molecule has 0 bridgehead atoms. The van der Waals surface area contributed by atoms with Crippen LogP contribution in [0.2, 0.25) is 0 Å². The van der Waals surface area contributed by atoms with E-state index in [1.165, 1.54) is 10.7 Å². The van der Waals surface area contributed by atoms with Gasteiger partial charge in [0.2, 0.25) is 0 Å². The number of nitrogens with zero attached hydrogens (tertiary/aromatic N) is 6. The van der Waals surface area contributed by atoms with Crippen molar-refractivity contribution in [1.29, 1.82) is 5.26 Å². The summed E-state index contributed by atoms with van der Waals surface area (Å²) in [6.45, 7) is -6.62. The van der Waals surface area contributed by atoms with Gasteiger partial charge in [-0.1, -0.05) is 18.2 Å². The number of fused-ring (bicyclic) bond motifs is 1. The predicted molar refractivity (Wildman–Crippen MR) is 99.4 cm³/mol. The van der Waals surface area contributed by atoms with Crippen LogP contribution in [-0.4, -0.2) is 29.7 Å². The molecule has 0 amide bonds. The Hall–Kier alpha value is -3.70. The second kappa shape index (κ2) is 6.48. The molecule has 0 spiro atoms. The first kappa shape index (κ1) is 11.9. The van der Waals surface area contributed by atoms with Crippen LogP contribution in [0.1, 0.15) is 33.2 Å². The molecule has 4 aromatic rings. The zero-order valence-electron chi connectivity index (χ0n) is 20.1. The Labute approximate surface area is 168 Å². The number of aliphatic hydroxyl groups is 1. The molecular weight excluding hydrogens is 359 g/mol. The molecule has 0 saturated heterocycles. The highest BCUT2D eigenvalue weighted by Crippen LogP contribution is 2.28. The molecule has 138 valence electrons. The zero-order valence-corrected chi connectivity index (χ0v) is 14.1. The quantitative estimate of drug-likeness (QED) is 0.586. The van der Waals surface area contributed by atoms with E-state index in [1.54, 1.807) is 24.3 Å². The summed E-state index contributed by atoms with van der Waals surface area (Å²) in [5.74, 6) is -0.777. The summed E-state index contributed by atoms with van der Waals surface area (Å²) in [6, 6.07) is 9.72. The maximum absolute atomic E-state index is 13.5. The molecule has 4 rings (SSSR count). The number of pyridine rings is 1. The fourth-order valence-electron chi connectivity index (χ4n) is 2.73. The number of hydrogen-bond acceptors (Lipinski definition) is 6. The summed E-state index contributed by atoms with van der Waals surface area (Å²) in [4.78, 5) is 12.0. The maximum Gasteiger partial charge on any atom is 0.251 e. The lowest BCUT2D eigenvalue weighted by atomic mass is 10.0. The smallest absolute Gasteiger partial charge is 0.251 e. The minimum absolute atomic E-state index is 0.0494. The van der Waals surface area contributed by atoms with Crippen LogP contribution in [0.25, 0.3) is 28.3 Å². The Balaban J connectivity index is 1.82. The molecule has 0 aliphatic rings. The number of aromatic nitrogens is 5. The van der Waals surface area contributed by atoms with E-state index >= 15 is 0 Å². The van der Waals surface area contributed by atoms with Gasteiger partial charge in [-0.3, -0.25) is 4.98 Å². The van der Waals surface area contributed by atoms with Crippen molar-refractivity contribution < 1.29 is 17.7 Å². The van der Waals surface area contributed by atoms with Crippen molar-refractivity contribution in [3.63, 3.8) is 0 Å². The first-order valence-corrected chi connectivity index (χ1v) is 7.97. The fraction of sp³-hybridized carbons (Fsp3) is 0.150. The minimum Gasteiger partial charge on any atom is -0.384 e. The second-order valence-corrected chi connectivity index (χ2v) is 5.95. The highest BCUT2D eigenvalue weighted by Gasteiger charge is 2.20. The van der Waals surface area contributed by atoms with Crippen molar-refractivity contribution in [3.05, 3.63) is 66.0 Å². The standard InChI is InChI=1S/C20H15FN6O/c1-20(2,28)17-11-25-27-16(10-24-19(27)26-17)12-4-3-5-13(6-12)18-14(8-22)7-15(21)9-23-18/h3-7,9-11,28H,1-2H3/i1D3,2D3. The molecular formula is C20H15FN6O. The molecule has 0 fully saturated rings. The molecule has 1 N–H and O–H groups in total. The van der Waals surface area contributed by atoms with Crippen molar-refractivity contribution in [2.45, 2.75) is 19.3 Å². The Bertz CT molecular complexity index is 1430. The molecule has 0 radical (unpaired) electrons. The van der Waals surface area contributed by atoms with Crippen LogP contribution in [0.3, 0.4) is 0 Å². The van der Waals surface area contributed by atoms with Gasteiger partial charge in [0.05, 0.1) is 41.2 Å². The molecule has 0 saturated carbocycles. The van der Waals surface area contributed by atoms with Crippen molar-refractivity contribution >= 4 is 5.78 Å². The third-order valence-corrected chi connectivity index (χ3v) is 4.01. The molecule has 3 heterocycles. The predicted octanol–water partition coefficient (Wildman–Crippen LogP) is 3.09. The lowest BCUT2D eigenvalue weighted by Gasteiger charge is -2.15. The summed E-state index contributed by atoms with van der Waals surface area (Å²) in [7, 11) is 0. The number of hydrogen-bond donors (Lipinski definition) is 1. The SMILES string of the molecule is [2H]C([2H])([2H])C(O)(c1cnn2c(-c3cccc(-c4ncc(F)cc4C#N)c3)cnc2n1)C([2H])([2H])[2H]. The van der Waals surface area contributed by atoms with Gasteiger partial charge in [-0.25, -0.2) is 14.4 Å². The summed E-state index contributed by atoms with van der Waals surface area (Å²) >= 11 is 0. The van der Waals surface area contributed by atoms with Gasteiger partial charge in [0.1, 0.15) is 17.5 Å². The van der Waals surface area contributed by atoms with Gasteiger partial charge in [-0.05, 0) is 25.8 Å². The molecule has 28 heavy (non-hydrogen) atoms. The fourth-order valence-corrected chi connectivity index (χ4v) is 2.73. The van der Waals surface area contributed by atoms with Gasteiger partial charge in [-0.2, -0.15) is 14.9 Å². The van der Waals surface area contributed by atoms with Crippen LogP contribution in [0, 0.1) is 17.1 Å². The minimum atomic E-state index is -3.31. The van der Waals surface area contributed by atoms with Crippen molar-refractivity contribution in [2.75, 3.05) is 0 Å². The van der Waals surface area contributed by atoms with Crippen molar-refractivity contribution in [1.82, 2.24) is 24.6 Å². The molecule has 0 aliphatic heterocycles. The summed E-state index contributed by atoms with van der Waals surface area (Å²) in [5.41, 5.74) is -2.11. The Morgan fingerprint density at radius 1 is 1.18 bits per heavy atom. The molecule has 0 aliphatic carbocycles. The van der Waals surface area contributed by atoms with E-state index in [0.717, 1.165) is 18.5 Å².